The lowest BCUT2D eigenvalue weighted by molar-refractivity contribution is 0.277. The zero-order valence-corrected chi connectivity index (χ0v) is 16.3. The summed E-state index contributed by atoms with van der Waals surface area (Å²) in [6, 6.07) is 8.73. The van der Waals surface area contributed by atoms with E-state index in [9.17, 15) is 4.79 Å². The van der Waals surface area contributed by atoms with E-state index in [1.165, 1.54) is 54.6 Å². The van der Waals surface area contributed by atoms with E-state index in [0.29, 0.717) is 11.0 Å². The highest BCUT2D eigenvalue weighted by atomic mass is 79.9. The van der Waals surface area contributed by atoms with E-state index < -0.39 is 0 Å². The van der Waals surface area contributed by atoms with E-state index in [4.69, 9.17) is 0 Å². The SMILES string of the molecule is Cn1ncc(NCc2ccc(CN3CCCCCC3)cc2)c(Br)c1=O. The smallest absolute Gasteiger partial charge is 0.282 e. The Morgan fingerprint density at radius 3 is 2.40 bits per heavy atom. The monoisotopic (exact) mass is 404 g/mol. The molecule has 2 aromatic rings. The maximum absolute atomic E-state index is 11.9. The molecule has 0 bridgehead atoms. The van der Waals surface area contributed by atoms with Crippen LogP contribution >= 0.6 is 15.9 Å². The Morgan fingerprint density at radius 2 is 1.72 bits per heavy atom. The maximum atomic E-state index is 11.9. The van der Waals surface area contributed by atoms with Gasteiger partial charge in [-0.15, -0.1) is 0 Å². The summed E-state index contributed by atoms with van der Waals surface area (Å²) in [7, 11) is 1.64. The van der Waals surface area contributed by atoms with E-state index in [1.807, 2.05) is 0 Å². The molecule has 0 atom stereocenters. The van der Waals surface area contributed by atoms with Gasteiger partial charge < -0.3 is 5.32 Å². The standard InChI is InChI=1S/C19H25BrN4O/c1-23-19(25)18(20)17(13-22-23)21-12-15-6-8-16(9-7-15)14-24-10-4-2-3-5-11-24/h6-9,13,21H,2-5,10-12,14H2,1H3. The van der Waals surface area contributed by atoms with E-state index >= 15 is 0 Å². The summed E-state index contributed by atoms with van der Waals surface area (Å²) < 4.78 is 1.83. The van der Waals surface area contributed by atoms with Crippen molar-refractivity contribution in [2.24, 2.45) is 7.05 Å². The van der Waals surface area contributed by atoms with Gasteiger partial charge in [0.2, 0.25) is 0 Å². The van der Waals surface area contributed by atoms with Gasteiger partial charge in [-0.25, -0.2) is 4.68 Å². The number of rotatable bonds is 5. The number of halogens is 1. The third-order valence-electron chi connectivity index (χ3n) is 4.69. The molecular weight excluding hydrogens is 380 g/mol. The summed E-state index contributed by atoms with van der Waals surface area (Å²) in [6.07, 6.45) is 7.05. The first-order valence-electron chi connectivity index (χ1n) is 8.89. The van der Waals surface area contributed by atoms with Crippen LogP contribution in [0.25, 0.3) is 0 Å². The average Bonchev–Trinajstić information content (AvgIpc) is 2.89. The van der Waals surface area contributed by atoms with Crippen molar-refractivity contribution in [3.8, 4) is 0 Å². The molecule has 1 aliphatic heterocycles. The van der Waals surface area contributed by atoms with E-state index in [2.05, 4.69) is 55.5 Å². The fraction of sp³-hybridized carbons (Fsp3) is 0.474. The van der Waals surface area contributed by atoms with Crippen molar-refractivity contribution in [2.75, 3.05) is 18.4 Å². The van der Waals surface area contributed by atoms with Gasteiger partial charge in [0.25, 0.3) is 5.56 Å². The summed E-state index contributed by atoms with van der Waals surface area (Å²) in [6.45, 7) is 4.13. The number of aryl methyl sites for hydroxylation is 1. The second-order valence-electron chi connectivity index (χ2n) is 6.66. The second kappa shape index (κ2) is 8.63. The normalized spacial score (nSPS) is 15.8. The molecule has 0 saturated carbocycles. The summed E-state index contributed by atoms with van der Waals surface area (Å²) in [5.74, 6) is 0. The number of nitrogens with zero attached hydrogens (tertiary/aromatic N) is 3. The minimum atomic E-state index is -0.141. The quantitative estimate of drug-likeness (QED) is 0.827. The predicted molar refractivity (Wildman–Crippen MR) is 105 cm³/mol. The lowest BCUT2D eigenvalue weighted by atomic mass is 10.1. The predicted octanol–water partition coefficient (Wildman–Crippen LogP) is 3.53. The molecule has 1 fully saturated rings. The summed E-state index contributed by atoms with van der Waals surface area (Å²) in [5.41, 5.74) is 3.13. The Labute approximate surface area is 157 Å². The number of nitrogens with one attached hydrogen (secondary N) is 1. The molecule has 0 spiro atoms. The van der Waals surface area contributed by atoms with Gasteiger partial charge in [0.15, 0.2) is 0 Å². The van der Waals surface area contributed by atoms with Crippen LogP contribution in [0.4, 0.5) is 5.69 Å². The van der Waals surface area contributed by atoms with Crippen LogP contribution < -0.4 is 10.9 Å². The molecular formula is C19H25BrN4O. The Bertz CT molecular complexity index is 749. The van der Waals surface area contributed by atoms with Crippen molar-refractivity contribution < 1.29 is 0 Å². The molecule has 0 aliphatic carbocycles. The van der Waals surface area contributed by atoms with Crippen molar-refractivity contribution in [1.82, 2.24) is 14.7 Å². The summed E-state index contributed by atoms with van der Waals surface area (Å²) in [4.78, 5) is 14.4. The number of benzene rings is 1. The number of aromatic nitrogens is 2. The van der Waals surface area contributed by atoms with Gasteiger partial charge in [0, 0.05) is 20.1 Å². The number of hydrogen-bond acceptors (Lipinski definition) is 4. The Kier molecular flexibility index (Phi) is 6.26. The first-order valence-corrected chi connectivity index (χ1v) is 9.68. The molecule has 3 rings (SSSR count). The van der Waals surface area contributed by atoms with Crippen LogP contribution in [0.15, 0.2) is 39.7 Å². The molecule has 5 nitrogen and oxygen atoms in total. The average molecular weight is 405 g/mol. The molecule has 25 heavy (non-hydrogen) atoms. The highest BCUT2D eigenvalue weighted by molar-refractivity contribution is 9.10. The lowest BCUT2D eigenvalue weighted by Crippen LogP contribution is -2.23. The highest BCUT2D eigenvalue weighted by Gasteiger charge is 2.10. The zero-order chi connectivity index (χ0) is 17.6. The first kappa shape index (κ1) is 18.1. The molecule has 1 aromatic carbocycles. The van der Waals surface area contributed by atoms with Crippen molar-refractivity contribution in [1.29, 1.82) is 0 Å². The summed E-state index contributed by atoms with van der Waals surface area (Å²) >= 11 is 3.34. The van der Waals surface area contributed by atoms with Gasteiger partial charge in [-0.05, 0) is 53.0 Å². The second-order valence-corrected chi connectivity index (χ2v) is 7.45. The van der Waals surface area contributed by atoms with Gasteiger partial charge in [0.1, 0.15) is 4.47 Å². The minimum Gasteiger partial charge on any atom is -0.379 e. The Balaban J connectivity index is 1.57. The van der Waals surface area contributed by atoms with Crippen molar-refractivity contribution >= 4 is 21.6 Å². The van der Waals surface area contributed by atoms with E-state index in [-0.39, 0.29) is 5.56 Å². The van der Waals surface area contributed by atoms with E-state index in [1.54, 1.807) is 13.2 Å². The molecule has 2 heterocycles. The molecule has 1 N–H and O–H groups in total. The number of hydrogen-bond donors (Lipinski definition) is 1. The van der Waals surface area contributed by atoms with Crippen LogP contribution in [0, 0.1) is 0 Å². The fourth-order valence-electron chi connectivity index (χ4n) is 3.15. The molecule has 1 saturated heterocycles. The van der Waals surface area contributed by atoms with Crippen LogP contribution in [0.3, 0.4) is 0 Å². The largest absolute Gasteiger partial charge is 0.379 e. The molecule has 0 radical (unpaired) electrons. The fourth-order valence-corrected chi connectivity index (χ4v) is 3.65. The first-order chi connectivity index (χ1) is 12.1. The lowest BCUT2D eigenvalue weighted by Gasteiger charge is -2.19. The van der Waals surface area contributed by atoms with Crippen LogP contribution in [-0.4, -0.2) is 27.8 Å². The van der Waals surface area contributed by atoms with Gasteiger partial charge in [-0.3, -0.25) is 9.69 Å². The highest BCUT2D eigenvalue weighted by Crippen LogP contribution is 2.18. The Hall–Kier alpha value is -1.66. The zero-order valence-electron chi connectivity index (χ0n) is 14.7. The molecule has 0 amide bonds. The van der Waals surface area contributed by atoms with Crippen LogP contribution in [0.2, 0.25) is 0 Å². The van der Waals surface area contributed by atoms with E-state index in [0.717, 1.165) is 12.2 Å². The Morgan fingerprint density at radius 1 is 1.08 bits per heavy atom. The van der Waals surface area contributed by atoms with Crippen LogP contribution in [0.5, 0.6) is 0 Å². The number of likely N-dealkylation sites (tertiary alicyclic amines) is 1. The van der Waals surface area contributed by atoms with Crippen molar-refractivity contribution in [2.45, 2.75) is 38.8 Å². The molecule has 1 aromatic heterocycles. The van der Waals surface area contributed by atoms with Gasteiger partial charge in [-0.2, -0.15) is 5.10 Å². The molecule has 134 valence electrons. The molecule has 1 aliphatic rings. The van der Waals surface area contributed by atoms with Gasteiger partial charge in [0.05, 0.1) is 11.9 Å². The minimum absolute atomic E-state index is 0.141. The maximum Gasteiger partial charge on any atom is 0.282 e. The van der Waals surface area contributed by atoms with Crippen LogP contribution in [0.1, 0.15) is 36.8 Å². The van der Waals surface area contributed by atoms with Crippen LogP contribution in [-0.2, 0) is 20.1 Å². The molecule has 0 unspecified atom stereocenters. The topological polar surface area (TPSA) is 50.2 Å². The van der Waals surface area contributed by atoms with Crippen molar-refractivity contribution in [3.05, 3.63) is 56.4 Å². The van der Waals surface area contributed by atoms with Crippen molar-refractivity contribution in [3.63, 3.8) is 0 Å². The third kappa shape index (κ3) is 4.92. The summed E-state index contributed by atoms with van der Waals surface area (Å²) in [5, 5.41) is 7.32. The molecule has 6 heteroatoms. The third-order valence-corrected chi connectivity index (χ3v) is 5.46. The van der Waals surface area contributed by atoms with Gasteiger partial charge >= 0.3 is 0 Å². The number of anilines is 1. The van der Waals surface area contributed by atoms with Gasteiger partial charge in [-0.1, -0.05) is 37.1 Å².